The van der Waals surface area contributed by atoms with Crippen molar-refractivity contribution in [2.45, 2.75) is 32.4 Å². The minimum Gasteiger partial charge on any atom is -0.311 e. The molecule has 1 unspecified atom stereocenters. The Bertz CT molecular complexity index is 395. The van der Waals surface area contributed by atoms with Crippen molar-refractivity contribution in [1.29, 1.82) is 0 Å². The van der Waals surface area contributed by atoms with Crippen LogP contribution in [0.3, 0.4) is 0 Å². The summed E-state index contributed by atoms with van der Waals surface area (Å²) >= 11 is 5.69. The van der Waals surface area contributed by atoms with Gasteiger partial charge < -0.3 is 5.32 Å². The van der Waals surface area contributed by atoms with Crippen LogP contribution in [-0.4, -0.2) is 30.6 Å². The van der Waals surface area contributed by atoms with Gasteiger partial charge in [0.25, 0.3) is 0 Å². The van der Waals surface area contributed by atoms with Crippen LogP contribution in [0.1, 0.15) is 25.3 Å². The Morgan fingerprint density at radius 3 is 3.06 bits per heavy atom. The van der Waals surface area contributed by atoms with Gasteiger partial charge >= 0.3 is 0 Å². The molecule has 1 aliphatic rings. The summed E-state index contributed by atoms with van der Waals surface area (Å²) in [7, 11) is 0. The zero-order chi connectivity index (χ0) is 13.0. The molecule has 1 saturated heterocycles. The third kappa shape index (κ3) is 3.67. The van der Waals surface area contributed by atoms with Gasteiger partial charge in [0, 0.05) is 32.2 Å². The Kier molecular flexibility index (Phi) is 4.98. The van der Waals surface area contributed by atoms with E-state index < -0.39 is 0 Å². The summed E-state index contributed by atoms with van der Waals surface area (Å²) in [6.07, 6.45) is 2.40. The van der Waals surface area contributed by atoms with Crippen LogP contribution < -0.4 is 5.32 Å². The van der Waals surface area contributed by atoms with E-state index in [-0.39, 0.29) is 10.8 Å². The van der Waals surface area contributed by atoms with E-state index in [0.717, 1.165) is 31.7 Å². The van der Waals surface area contributed by atoms with Crippen molar-refractivity contribution < 1.29 is 4.39 Å². The van der Waals surface area contributed by atoms with Gasteiger partial charge in [-0.15, -0.1) is 0 Å². The Labute approximate surface area is 113 Å². The van der Waals surface area contributed by atoms with Crippen molar-refractivity contribution in [3.8, 4) is 0 Å². The molecule has 0 saturated carbocycles. The number of hydrogen-bond donors (Lipinski definition) is 1. The molecular formula is C14H20ClFN2. The molecule has 2 nitrogen and oxygen atoms in total. The van der Waals surface area contributed by atoms with Crippen molar-refractivity contribution in [3.63, 3.8) is 0 Å². The van der Waals surface area contributed by atoms with Gasteiger partial charge in [0.1, 0.15) is 5.82 Å². The lowest BCUT2D eigenvalue weighted by molar-refractivity contribution is 0.186. The fraction of sp³-hybridized carbons (Fsp3) is 0.571. The fourth-order valence-electron chi connectivity index (χ4n) is 2.48. The maximum Gasteiger partial charge on any atom is 0.142 e. The van der Waals surface area contributed by atoms with Crippen LogP contribution in [0.25, 0.3) is 0 Å². The van der Waals surface area contributed by atoms with E-state index in [4.69, 9.17) is 11.6 Å². The van der Waals surface area contributed by atoms with E-state index >= 15 is 0 Å². The van der Waals surface area contributed by atoms with E-state index in [2.05, 4.69) is 17.1 Å². The summed E-state index contributed by atoms with van der Waals surface area (Å²) in [4.78, 5) is 2.37. The van der Waals surface area contributed by atoms with Crippen molar-refractivity contribution >= 4 is 11.6 Å². The molecule has 1 aromatic rings. The second-order valence-corrected chi connectivity index (χ2v) is 5.33. The zero-order valence-electron chi connectivity index (χ0n) is 10.8. The van der Waals surface area contributed by atoms with Gasteiger partial charge in [0.15, 0.2) is 0 Å². The molecule has 0 amide bonds. The lowest BCUT2D eigenvalue weighted by Crippen LogP contribution is -2.50. The highest BCUT2D eigenvalue weighted by atomic mass is 35.5. The predicted octanol–water partition coefficient (Wildman–Crippen LogP) is 3.05. The first-order chi connectivity index (χ1) is 8.69. The number of benzene rings is 1. The summed E-state index contributed by atoms with van der Waals surface area (Å²) in [6.45, 7) is 6.08. The minimum atomic E-state index is -0.325. The van der Waals surface area contributed by atoms with Crippen LogP contribution in [-0.2, 0) is 6.54 Å². The van der Waals surface area contributed by atoms with Crippen LogP contribution >= 0.6 is 11.6 Å². The van der Waals surface area contributed by atoms with Crippen molar-refractivity contribution in [2.24, 2.45) is 0 Å². The number of halogens is 2. The smallest absolute Gasteiger partial charge is 0.142 e. The fourth-order valence-corrected chi connectivity index (χ4v) is 2.59. The average molecular weight is 271 g/mol. The average Bonchev–Trinajstić information content (AvgIpc) is 2.35. The molecule has 1 heterocycles. The third-order valence-electron chi connectivity index (χ3n) is 3.37. The summed E-state index contributed by atoms with van der Waals surface area (Å²) in [5.41, 5.74) is 0.994. The van der Waals surface area contributed by atoms with E-state index in [1.807, 2.05) is 6.07 Å². The molecule has 4 heteroatoms. The Morgan fingerprint density at radius 1 is 1.50 bits per heavy atom. The van der Waals surface area contributed by atoms with Crippen LogP contribution in [0, 0.1) is 5.82 Å². The highest BCUT2D eigenvalue weighted by molar-refractivity contribution is 6.30. The number of nitrogens with zero attached hydrogens (tertiary/aromatic N) is 1. The van der Waals surface area contributed by atoms with Gasteiger partial charge in [-0.3, -0.25) is 4.90 Å². The lowest BCUT2D eigenvalue weighted by atomic mass is 10.1. The number of hydrogen-bond acceptors (Lipinski definition) is 2. The minimum absolute atomic E-state index is 0.197. The summed E-state index contributed by atoms with van der Waals surface area (Å²) < 4.78 is 13.4. The molecular weight excluding hydrogens is 251 g/mol. The molecule has 1 N–H and O–H groups in total. The van der Waals surface area contributed by atoms with E-state index in [9.17, 15) is 4.39 Å². The van der Waals surface area contributed by atoms with Crippen molar-refractivity contribution in [3.05, 3.63) is 34.6 Å². The topological polar surface area (TPSA) is 15.3 Å². The molecule has 1 aliphatic heterocycles. The van der Waals surface area contributed by atoms with Gasteiger partial charge in [0.2, 0.25) is 0 Å². The largest absolute Gasteiger partial charge is 0.311 e. The Morgan fingerprint density at radius 2 is 2.33 bits per heavy atom. The molecule has 0 aliphatic carbocycles. The van der Waals surface area contributed by atoms with Crippen molar-refractivity contribution in [2.75, 3.05) is 19.6 Å². The molecule has 1 atom stereocenters. The second kappa shape index (κ2) is 6.50. The number of piperazine rings is 1. The van der Waals surface area contributed by atoms with Gasteiger partial charge in [-0.2, -0.15) is 0 Å². The summed E-state index contributed by atoms with van der Waals surface area (Å²) in [5.74, 6) is -0.325. The van der Waals surface area contributed by atoms with E-state index in [1.54, 1.807) is 12.1 Å². The molecule has 18 heavy (non-hydrogen) atoms. The first-order valence-electron chi connectivity index (χ1n) is 6.58. The maximum absolute atomic E-state index is 13.4. The lowest BCUT2D eigenvalue weighted by Gasteiger charge is -2.33. The molecule has 1 fully saturated rings. The predicted molar refractivity (Wildman–Crippen MR) is 73.4 cm³/mol. The highest BCUT2D eigenvalue weighted by Crippen LogP contribution is 2.17. The second-order valence-electron chi connectivity index (χ2n) is 4.92. The highest BCUT2D eigenvalue weighted by Gasteiger charge is 2.18. The van der Waals surface area contributed by atoms with Crippen LogP contribution in [0.4, 0.5) is 4.39 Å². The number of nitrogens with one attached hydrogen (secondary N) is 1. The zero-order valence-corrected chi connectivity index (χ0v) is 11.5. The van der Waals surface area contributed by atoms with E-state index in [1.165, 1.54) is 12.8 Å². The van der Waals surface area contributed by atoms with Gasteiger partial charge in [-0.1, -0.05) is 31.0 Å². The molecule has 0 radical (unpaired) electrons. The third-order valence-corrected chi connectivity index (χ3v) is 3.67. The standard InChI is InChI=1S/C14H20ClFN2/c1-2-3-12-10-18(7-6-17-12)9-11-4-5-13(15)14(16)8-11/h4-5,8,12,17H,2-3,6-7,9-10H2,1H3. The van der Waals surface area contributed by atoms with Crippen LogP contribution in [0.15, 0.2) is 18.2 Å². The SMILES string of the molecule is CCCC1CN(Cc2ccc(Cl)c(F)c2)CCN1. The quantitative estimate of drug-likeness (QED) is 0.905. The summed E-state index contributed by atoms with van der Waals surface area (Å²) in [5, 5.41) is 3.72. The molecule has 1 aromatic carbocycles. The molecule has 0 aromatic heterocycles. The van der Waals surface area contributed by atoms with Gasteiger partial charge in [0.05, 0.1) is 5.02 Å². The first-order valence-corrected chi connectivity index (χ1v) is 6.96. The van der Waals surface area contributed by atoms with E-state index in [0.29, 0.717) is 6.04 Å². The molecule has 0 spiro atoms. The Hall–Kier alpha value is -0.640. The first kappa shape index (κ1) is 13.8. The van der Waals surface area contributed by atoms with Gasteiger partial charge in [-0.25, -0.2) is 4.39 Å². The molecule has 100 valence electrons. The maximum atomic E-state index is 13.4. The van der Waals surface area contributed by atoms with Crippen molar-refractivity contribution in [1.82, 2.24) is 10.2 Å². The van der Waals surface area contributed by atoms with Crippen LogP contribution in [0.2, 0.25) is 5.02 Å². The monoisotopic (exact) mass is 270 g/mol. The normalized spacial score (nSPS) is 21.2. The molecule has 2 rings (SSSR count). The van der Waals surface area contributed by atoms with Gasteiger partial charge in [-0.05, 0) is 24.1 Å². The van der Waals surface area contributed by atoms with Crippen LogP contribution in [0.5, 0.6) is 0 Å². The molecule has 0 bridgehead atoms. The summed E-state index contributed by atoms with van der Waals surface area (Å²) in [6, 6.07) is 5.65. The Balaban J connectivity index is 1.93. The number of rotatable bonds is 4.